The second-order valence-corrected chi connectivity index (χ2v) is 0.267. The van der Waals surface area contributed by atoms with Gasteiger partial charge in [0, 0.05) is 0 Å². The summed E-state index contributed by atoms with van der Waals surface area (Å²) < 4.78 is 0. The van der Waals surface area contributed by atoms with Gasteiger partial charge in [-0.1, -0.05) is 0 Å². The van der Waals surface area contributed by atoms with Crippen LogP contribution in [0.2, 0.25) is 0 Å². The van der Waals surface area contributed by atoms with Gasteiger partial charge in [0.2, 0.25) is 5.75 Å². The molecule has 0 unspecified atom stereocenters. The van der Waals surface area contributed by atoms with Crippen molar-refractivity contribution >= 4 is 17.3 Å². The number of carbonyl (C=O) groups is 1. The second kappa shape index (κ2) is 39.5. The van der Waals surface area contributed by atoms with Crippen LogP contribution in [0.5, 0.6) is 0 Å². The quantitative estimate of drug-likeness (QED) is 0.340. The third-order valence-corrected chi connectivity index (χ3v) is 0. The average Bonchev–Trinajstić information content (AvgIpc) is 1.46. The van der Waals surface area contributed by atoms with E-state index in [1.165, 1.54) is 7.05 Å². The molecule has 0 amide bonds. The highest BCUT2D eigenvalue weighted by molar-refractivity contribution is 6.54. The Balaban J connectivity index is 0. The summed E-state index contributed by atoms with van der Waals surface area (Å²) >= 11 is 4.32. The zero-order valence-electron chi connectivity index (χ0n) is 2.94. The van der Waals surface area contributed by atoms with Crippen LogP contribution in [0.3, 0.4) is 0 Å². The first-order chi connectivity index (χ1) is 2.41. The van der Waals surface area contributed by atoms with Gasteiger partial charge >= 0.3 is 0 Å². The van der Waals surface area contributed by atoms with Crippen molar-refractivity contribution in [2.45, 2.75) is 0 Å². The predicted molar refractivity (Wildman–Crippen MR) is 22.7 cm³/mol. The maximum absolute atomic E-state index is 8.57. The molecule has 0 spiro atoms. The summed E-state index contributed by atoms with van der Waals surface area (Å²) in [6.45, 7) is 0. The van der Waals surface area contributed by atoms with Crippen LogP contribution in [0.15, 0.2) is 0 Å². The van der Waals surface area contributed by atoms with Gasteiger partial charge in [-0.15, -0.1) is 0 Å². The normalized spacial score (nSPS) is 3.80. The van der Waals surface area contributed by atoms with Crippen LogP contribution >= 0.6 is 11.6 Å². The third-order valence-electron chi connectivity index (χ3n) is 0. The van der Waals surface area contributed by atoms with Crippen LogP contribution in [0, 0.1) is 0 Å². The van der Waals surface area contributed by atoms with Gasteiger partial charge in [-0.25, -0.2) is 0 Å². The van der Waals surface area contributed by atoms with Gasteiger partial charge < -0.3 is 5.73 Å². The van der Waals surface area contributed by atoms with Gasteiger partial charge in [-0.3, -0.25) is 4.79 Å². The number of hydrogen-bond donors (Lipinski definition) is 1. The minimum Gasteiger partial charge on any atom is -0.333 e. The van der Waals surface area contributed by atoms with Crippen molar-refractivity contribution in [1.29, 1.82) is 0 Å². The summed E-state index contributed by atoms with van der Waals surface area (Å²) in [5, 5.41) is 0. The van der Waals surface area contributed by atoms with Crippen molar-refractivity contribution in [2.24, 2.45) is 5.73 Å². The summed E-state index contributed by atoms with van der Waals surface area (Å²) in [6, 6.07) is 0. The van der Waals surface area contributed by atoms with Crippen LogP contribution in [0.1, 0.15) is 0 Å². The molecule has 0 bridgehead atoms. The number of carbonyl (C=O) groups excluding carboxylic acids is 1. The zero-order valence-corrected chi connectivity index (χ0v) is 3.70. The van der Waals surface area contributed by atoms with Gasteiger partial charge in [0.1, 0.15) is 0 Å². The van der Waals surface area contributed by atoms with E-state index in [0.29, 0.717) is 0 Å². The molecule has 0 aliphatic heterocycles. The van der Waals surface area contributed by atoms with Crippen molar-refractivity contribution in [3.05, 3.63) is 0 Å². The van der Waals surface area contributed by atoms with Gasteiger partial charge in [-0.2, -0.15) is 0 Å². The Morgan fingerprint density at radius 2 is 1.80 bits per heavy atom. The molecule has 0 aromatic carbocycles. The van der Waals surface area contributed by atoms with E-state index < -0.39 is 0 Å². The number of rotatable bonds is 0. The summed E-state index contributed by atoms with van der Waals surface area (Å²) in [7, 11) is 1.50. The fourth-order valence-corrected chi connectivity index (χ4v) is 0. The summed E-state index contributed by atoms with van der Waals surface area (Å²) in [6.07, 6.45) is 0. The first-order valence-corrected chi connectivity index (χ1v) is 1.47. The molecule has 0 aromatic heterocycles. The molecular formula is C2H6ClNO. The number of hydrogen-bond acceptors (Lipinski definition) is 2. The zero-order chi connectivity index (χ0) is 4.71. The maximum atomic E-state index is 8.57. The molecule has 0 fully saturated rings. The lowest BCUT2D eigenvalue weighted by molar-refractivity contribution is 0.569. The molecule has 3 heteroatoms. The van der Waals surface area contributed by atoms with Gasteiger partial charge in [0.05, 0.1) is 0 Å². The van der Waals surface area contributed by atoms with E-state index in [4.69, 9.17) is 4.79 Å². The van der Waals surface area contributed by atoms with Crippen molar-refractivity contribution in [3.63, 3.8) is 0 Å². The fourth-order valence-electron chi connectivity index (χ4n) is 0. The third kappa shape index (κ3) is 2260. The molecule has 0 aliphatic rings. The fraction of sp³-hybridized carbons (Fsp3) is 0.500. The molecule has 5 heavy (non-hydrogen) atoms. The topological polar surface area (TPSA) is 43.1 Å². The summed E-state index contributed by atoms with van der Waals surface area (Å²) in [5.74, 6) is 0.222. The summed E-state index contributed by atoms with van der Waals surface area (Å²) in [5.41, 5.74) is 4.50. The molecule has 0 radical (unpaired) electrons. The number of halogens is 1. The number of nitrogens with two attached hydrogens (primary N) is 1. The van der Waals surface area contributed by atoms with Crippen LogP contribution in [-0.2, 0) is 4.79 Å². The Hall–Kier alpha value is -0.0800. The molecular weight excluding hydrogens is 89.5 g/mol. The van der Waals surface area contributed by atoms with E-state index in [1.54, 1.807) is 0 Å². The lowest BCUT2D eigenvalue weighted by Crippen LogP contribution is -1.69. The Labute approximate surface area is 35.9 Å². The van der Waals surface area contributed by atoms with Crippen molar-refractivity contribution in [2.75, 3.05) is 7.05 Å². The molecule has 32 valence electrons. The van der Waals surface area contributed by atoms with Crippen LogP contribution in [-0.4, -0.2) is 12.8 Å². The maximum Gasteiger partial charge on any atom is 0.208 e. The molecule has 2 N–H and O–H groups in total. The Kier molecular flexibility index (Phi) is 70.0. The molecule has 0 aliphatic carbocycles. The van der Waals surface area contributed by atoms with E-state index in [1.807, 2.05) is 0 Å². The first kappa shape index (κ1) is 8.87. The van der Waals surface area contributed by atoms with Gasteiger partial charge in [0.15, 0.2) is 0 Å². The minimum absolute atomic E-state index is 0.222. The predicted octanol–water partition coefficient (Wildman–Crippen LogP) is -0.00970. The molecule has 0 saturated carbocycles. The van der Waals surface area contributed by atoms with Gasteiger partial charge in [0.25, 0.3) is 0 Å². The van der Waals surface area contributed by atoms with E-state index in [9.17, 15) is 0 Å². The molecule has 0 rings (SSSR count). The standard InChI is InChI=1S/CHClO.CH5N/c2-1-3;1-2/h1H;2H2,1H3. The average molecular weight is 95.5 g/mol. The molecule has 0 saturated heterocycles. The van der Waals surface area contributed by atoms with Crippen molar-refractivity contribution in [3.8, 4) is 0 Å². The van der Waals surface area contributed by atoms with E-state index >= 15 is 0 Å². The lowest BCUT2D eigenvalue weighted by Gasteiger charge is -1.20. The highest BCUT2D eigenvalue weighted by atomic mass is 35.5. The van der Waals surface area contributed by atoms with Crippen molar-refractivity contribution < 1.29 is 4.79 Å². The van der Waals surface area contributed by atoms with E-state index in [2.05, 4.69) is 17.3 Å². The smallest absolute Gasteiger partial charge is 0.208 e. The van der Waals surface area contributed by atoms with Crippen molar-refractivity contribution in [1.82, 2.24) is 0 Å². The summed E-state index contributed by atoms with van der Waals surface area (Å²) in [4.78, 5) is 8.57. The van der Waals surface area contributed by atoms with Crippen LogP contribution in [0.4, 0.5) is 0 Å². The molecule has 0 heterocycles. The molecule has 2 nitrogen and oxygen atoms in total. The SMILES string of the molecule is CN.O=CCl. The van der Waals surface area contributed by atoms with E-state index in [0.717, 1.165) is 0 Å². The van der Waals surface area contributed by atoms with Crippen LogP contribution < -0.4 is 5.73 Å². The van der Waals surface area contributed by atoms with E-state index in [-0.39, 0.29) is 5.75 Å². The molecule has 0 aromatic rings. The Morgan fingerprint density at radius 1 is 1.80 bits per heavy atom. The van der Waals surface area contributed by atoms with Crippen LogP contribution in [0.25, 0.3) is 0 Å². The first-order valence-electron chi connectivity index (χ1n) is 1.03. The highest BCUT2D eigenvalue weighted by Gasteiger charge is 1.28. The monoisotopic (exact) mass is 95.0 g/mol. The second-order valence-electron chi connectivity index (χ2n) is 0.0891. The molecule has 0 atom stereocenters. The Bertz CT molecular complexity index is 17.1. The Morgan fingerprint density at radius 3 is 1.80 bits per heavy atom. The van der Waals surface area contributed by atoms with Gasteiger partial charge in [-0.05, 0) is 18.6 Å². The highest BCUT2D eigenvalue weighted by Crippen LogP contribution is 1.42. The minimum atomic E-state index is 0.222. The lowest BCUT2D eigenvalue weighted by atomic mass is 11.6. The largest absolute Gasteiger partial charge is 0.333 e.